The Morgan fingerprint density at radius 3 is 2.43 bits per heavy atom. The predicted molar refractivity (Wildman–Crippen MR) is 133 cm³/mol. The molecule has 186 valence electrons. The molecule has 1 saturated carbocycles. The molecule has 0 spiro atoms. The largest absolute Gasteiger partial charge is 0.381 e. The van der Waals surface area contributed by atoms with Gasteiger partial charge in [0.2, 0.25) is 17.8 Å². The zero-order chi connectivity index (χ0) is 24.5. The fraction of sp³-hybridized carbons (Fsp3) is 0.478. The third-order valence-corrected chi connectivity index (χ3v) is 7.29. The van der Waals surface area contributed by atoms with Gasteiger partial charge in [-0.1, -0.05) is 23.2 Å². The number of benzene rings is 1. The molecule has 0 unspecified atom stereocenters. The number of rotatable bonds is 6. The molecule has 12 heteroatoms. The van der Waals surface area contributed by atoms with Crippen molar-refractivity contribution in [2.75, 3.05) is 23.8 Å². The molecule has 1 aliphatic heterocycles. The van der Waals surface area contributed by atoms with Crippen LogP contribution in [0.4, 0.5) is 22.0 Å². The Hall–Kier alpha value is -2.69. The van der Waals surface area contributed by atoms with Crippen LogP contribution in [0.1, 0.15) is 44.6 Å². The van der Waals surface area contributed by atoms with Gasteiger partial charge in [-0.25, -0.2) is 14.4 Å². The first-order valence-corrected chi connectivity index (χ1v) is 12.4. The molecule has 0 atom stereocenters. The lowest BCUT2D eigenvalue weighted by Crippen LogP contribution is -2.29. The molecule has 3 heterocycles. The number of halogens is 3. The van der Waals surface area contributed by atoms with Gasteiger partial charge in [-0.3, -0.25) is 9.36 Å². The standard InChI is InChI=1S/C23H26Cl2FN7O2/c24-16-9-13(26)10-17(25)19(16)31-23-30-18-11-28-22(29-14-5-7-35-8-6-14)32-21(18)33(23)15-3-1-12(2-4-15)20(27)34/h9-12,14-15H,1-8H2,(H2,27,34)(H,30,31)(H,28,29,32)/t12-,15+. The second kappa shape index (κ2) is 10.1. The molecule has 9 nitrogen and oxygen atoms in total. The smallest absolute Gasteiger partial charge is 0.224 e. The number of amides is 1. The molecule has 35 heavy (non-hydrogen) atoms. The van der Waals surface area contributed by atoms with Gasteiger partial charge in [-0.2, -0.15) is 4.98 Å². The number of imidazole rings is 1. The number of hydrogen-bond acceptors (Lipinski definition) is 7. The van der Waals surface area contributed by atoms with E-state index in [4.69, 9.17) is 43.6 Å². The Labute approximate surface area is 211 Å². The number of hydrogen-bond donors (Lipinski definition) is 3. The van der Waals surface area contributed by atoms with Crippen LogP contribution in [0.25, 0.3) is 11.2 Å². The number of carbonyl (C=O) groups is 1. The maximum atomic E-state index is 13.7. The minimum Gasteiger partial charge on any atom is -0.381 e. The van der Waals surface area contributed by atoms with Crippen LogP contribution in [0.2, 0.25) is 10.0 Å². The minimum atomic E-state index is -0.529. The molecule has 2 aromatic heterocycles. The number of carbonyl (C=O) groups excluding carboxylic acids is 1. The average Bonchev–Trinajstić information content (AvgIpc) is 3.19. The second-order valence-corrected chi connectivity index (χ2v) is 9.83. The predicted octanol–water partition coefficient (Wildman–Crippen LogP) is 4.82. The first-order valence-electron chi connectivity index (χ1n) is 11.7. The minimum absolute atomic E-state index is 0.0157. The summed E-state index contributed by atoms with van der Waals surface area (Å²) in [6, 6.07) is 2.63. The molecule has 5 rings (SSSR count). The van der Waals surface area contributed by atoms with Crippen molar-refractivity contribution in [3.8, 4) is 0 Å². The van der Waals surface area contributed by atoms with Gasteiger partial charge in [0.1, 0.15) is 11.3 Å². The average molecular weight is 522 g/mol. The molecule has 0 bridgehead atoms. The summed E-state index contributed by atoms with van der Waals surface area (Å²) < 4.78 is 21.2. The number of ether oxygens (including phenoxy) is 1. The Bertz CT molecular complexity index is 1220. The maximum absolute atomic E-state index is 13.7. The highest BCUT2D eigenvalue weighted by atomic mass is 35.5. The summed E-state index contributed by atoms with van der Waals surface area (Å²) in [6.45, 7) is 1.41. The summed E-state index contributed by atoms with van der Waals surface area (Å²) in [4.78, 5) is 25.7. The van der Waals surface area contributed by atoms with Gasteiger partial charge in [-0.05, 0) is 50.7 Å². The van der Waals surface area contributed by atoms with Crippen molar-refractivity contribution in [1.82, 2.24) is 19.5 Å². The number of anilines is 3. The summed E-state index contributed by atoms with van der Waals surface area (Å²) in [5, 5.41) is 6.86. The molecule has 3 aromatic rings. The van der Waals surface area contributed by atoms with Crippen molar-refractivity contribution >= 4 is 57.9 Å². The molecule has 4 N–H and O–H groups in total. The van der Waals surface area contributed by atoms with Gasteiger partial charge in [0.15, 0.2) is 5.65 Å². The van der Waals surface area contributed by atoms with E-state index >= 15 is 0 Å². The van der Waals surface area contributed by atoms with Gasteiger partial charge in [0, 0.05) is 31.2 Å². The van der Waals surface area contributed by atoms with Crippen LogP contribution < -0.4 is 16.4 Å². The summed E-state index contributed by atoms with van der Waals surface area (Å²) in [5.41, 5.74) is 7.13. The SMILES string of the molecule is NC(=O)[C@H]1CC[C@@H](n2c(Nc3c(Cl)cc(F)cc3Cl)nc3cnc(NC4CCOCC4)nc32)CC1. The van der Waals surface area contributed by atoms with Crippen LogP contribution in [0.5, 0.6) is 0 Å². The normalized spacial score (nSPS) is 21.2. The fourth-order valence-corrected chi connectivity index (χ4v) is 5.37. The Kier molecular flexibility index (Phi) is 6.95. The Morgan fingerprint density at radius 1 is 1.09 bits per heavy atom. The van der Waals surface area contributed by atoms with E-state index < -0.39 is 5.82 Å². The third-order valence-electron chi connectivity index (χ3n) is 6.70. The molecule has 2 fully saturated rings. The zero-order valence-electron chi connectivity index (χ0n) is 18.9. The van der Waals surface area contributed by atoms with Gasteiger partial charge in [-0.15, -0.1) is 0 Å². The fourth-order valence-electron chi connectivity index (χ4n) is 4.81. The van der Waals surface area contributed by atoms with Gasteiger partial charge < -0.3 is 21.1 Å². The van der Waals surface area contributed by atoms with Crippen LogP contribution in [-0.2, 0) is 9.53 Å². The Balaban J connectivity index is 1.52. The first-order chi connectivity index (χ1) is 16.9. The lowest BCUT2D eigenvalue weighted by molar-refractivity contribution is -0.122. The molecule has 2 aliphatic rings. The molecule has 1 aromatic carbocycles. The zero-order valence-corrected chi connectivity index (χ0v) is 20.4. The van der Waals surface area contributed by atoms with Crippen molar-refractivity contribution in [3.05, 3.63) is 34.2 Å². The molecule has 0 radical (unpaired) electrons. The summed E-state index contributed by atoms with van der Waals surface area (Å²) in [5.74, 6) is 0.0426. The van der Waals surface area contributed by atoms with E-state index in [2.05, 4.69) is 15.6 Å². The van der Waals surface area contributed by atoms with Crippen molar-refractivity contribution in [3.63, 3.8) is 0 Å². The molecule has 1 saturated heterocycles. The monoisotopic (exact) mass is 521 g/mol. The van der Waals surface area contributed by atoms with Gasteiger partial charge in [0.25, 0.3) is 0 Å². The summed E-state index contributed by atoms with van der Waals surface area (Å²) in [6.07, 6.45) is 6.24. The molecule has 1 aliphatic carbocycles. The van der Waals surface area contributed by atoms with E-state index in [1.165, 1.54) is 12.1 Å². The van der Waals surface area contributed by atoms with E-state index in [-0.39, 0.29) is 34.0 Å². The summed E-state index contributed by atoms with van der Waals surface area (Å²) >= 11 is 12.6. The van der Waals surface area contributed by atoms with Crippen LogP contribution in [0.15, 0.2) is 18.3 Å². The lowest BCUT2D eigenvalue weighted by Gasteiger charge is -2.29. The highest BCUT2D eigenvalue weighted by molar-refractivity contribution is 6.39. The van der Waals surface area contributed by atoms with Crippen LogP contribution in [0.3, 0.4) is 0 Å². The van der Waals surface area contributed by atoms with E-state index in [0.717, 1.165) is 25.7 Å². The van der Waals surface area contributed by atoms with E-state index in [9.17, 15) is 9.18 Å². The third kappa shape index (κ3) is 5.14. The van der Waals surface area contributed by atoms with Crippen molar-refractivity contribution < 1.29 is 13.9 Å². The number of nitrogens with one attached hydrogen (secondary N) is 2. The molecular formula is C23H26Cl2FN7O2. The van der Waals surface area contributed by atoms with Crippen molar-refractivity contribution in [2.45, 2.75) is 50.6 Å². The van der Waals surface area contributed by atoms with Gasteiger partial charge in [0.05, 0.1) is 21.9 Å². The maximum Gasteiger partial charge on any atom is 0.224 e. The second-order valence-electron chi connectivity index (χ2n) is 9.02. The van der Waals surface area contributed by atoms with Crippen LogP contribution >= 0.6 is 23.2 Å². The molecular weight excluding hydrogens is 496 g/mol. The Morgan fingerprint density at radius 2 is 1.77 bits per heavy atom. The van der Waals surface area contributed by atoms with Crippen molar-refractivity contribution in [1.29, 1.82) is 0 Å². The van der Waals surface area contributed by atoms with E-state index in [0.29, 0.717) is 54.8 Å². The first kappa shape index (κ1) is 24.0. The van der Waals surface area contributed by atoms with Crippen LogP contribution in [-0.4, -0.2) is 44.7 Å². The van der Waals surface area contributed by atoms with Crippen LogP contribution in [0, 0.1) is 11.7 Å². The number of fused-ring (bicyclic) bond motifs is 1. The quantitative estimate of drug-likeness (QED) is 0.425. The lowest BCUT2D eigenvalue weighted by atomic mass is 9.85. The highest BCUT2D eigenvalue weighted by Gasteiger charge is 2.29. The van der Waals surface area contributed by atoms with Crippen molar-refractivity contribution in [2.24, 2.45) is 11.7 Å². The number of primary amides is 1. The topological polar surface area (TPSA) is 120 Å². The van der Waals surface area contributed by atoms with E-state index in [1.807, 2.05) is 4.57 Å². The highest BCUT2D eigenvalue weighted by Crippen LogP contribution is 2.39. The van der Waals surface area contributed by atoms with Gasteiger partial charge >= 0.3 is 0 Å². The summed E-state index contributed by atoms with van der Waals surface area (Å²) in [7, 11) is 0. The number of nitrogens with two attached hydrogens (primary N) is 1. The number of nitrogens with zero attached hydrogens (tertiary/aromatic N) is 4. The number of aromatic nitrogens is 4. The molecule has 1 amide bonds. The van der Waals surface area contributed by atoms with E-state index in [1.54, 1.807) is 6.20 Å².